The molecule has 0 bridgehead atoms. The van der Waals surface area contributed by atoms with E-state index in [0.717, 1.165) is 6.42 Å². The first-order valence-electron chi connectivity index (χ1n) is 5.70. The van der Waals surface area contributed by atoms with E-state index in [1.165, 1.54) is 5.56 Å². The van der Waals surface area contributed by atoms with Crippen molar-refractivity contribution in [1.82, 2.24) is 4.90 Å². The number of carbonyl (C=O) groups excluding carboxylic acids is 1. The van der Waals surface area contributed by atoms with Crippen LogP contribution in [0.2, 0.25) is 0 Å². The van der Waals surface area contributed by atoms with Crippen molar-refractivity contribution in [1.29, 1.82) is 0 Å². The van der Waals surface area contributed by atoms with E-state index in [9.17, 15) is 4.79 Å². The summed E-state index contributed by atoms with van der Waals surface area (Å²) in [6, 6.07) is 9.97. The highest BCUT2D eigenvalue weighted by atomic mass is 16.3. The maximum atomic E-state index is 11.8. The third-order valence-electron chi connectivity index (χ3n) is 2.57. The van der Waals surface area contributed by atoms with E-state index in [1.807, 2.05) is 37.3 Å². The number of nitrogens with zero attached hydrogens (tertiary/aromatic N) is 1. The van der Waals surface area contributed by atoms with Crippen LogP contribution in [0.5, 0.6) is 0 Å². The Labute approximate surface area is 96.7 Å². The van der Waals surface area contributed by atoms with Gasteiger partial charge in [0.2, 0.25) is 5.91 Å². The minimum absolute atomic E-state index is 0.0327. The number of aliphatic hydroxyl groups excluding tert-OH is 1. The fourth-order valence-corrected chi connectivity index (χ4v) is 1.63. The predicted molar refractivity (Wildman–Crippen MR) is 64.1 cm³/mol. The van der Waals surface area contributed by atoms with Crippen molar-refractivity contribution in [3.05, 3.63) is 35.9 Å². The van der Waals surface area contributed by atoms with Crippen LogP contribution in [0.4, 0.5) is 0 Å². The topological polar surface area (TPSA) is 40.5 Å². The van der Waals surface area contributed by atoms with Gasteiger partial charge >= 0.3 is 0 Å². The first-order valence-corrected chi connectivity index (χ1v) is 5.70. The molecule has 3 nitrogen and oxygen atoms in total. The molecule has 1 aromatic rings. The van der Waals surface area contributed by atoms with E-state index in [0.29, 0.717) is 19.5 Å². The maximum Gasteiger partial charge on any atom is 0.222 e. The van der Waals surface area contributed by atoms with Crippen LogP contribution in [-0.2, 0) is 11.2 Å². The summed E-state index contributed by atoms with van der Waals surface area (Å²) >= 11 is 0. The molecule has 1 amide bonds. The number of amides is 1. The van der Waals surface area contributed by atoms with Crippen molar-refractivity contribution < 1.29 is 9.90 Å². The third-order valence-corrected chi connectivity index (χ3v) is 2.57. The van der Waals surface area contributed by atoms with Crippen molar-refractivity contribution in [3.63, 3.8) is 0 Å². The number of aryl methyl sites for hydroxylation is 1. The van der Waals surface area contributed by atoms with Gasteiger partial charge in [0.15, 0.2) is 0 Å². The SMILES string of the molecule is CCN(CCO)C(=O)CCc1ccccc1. The Balaban J connectivity index is 2.40. The molecule has 0 saturated carbocycles. The van der Waals surface area contributed by atoms with Gasteiger partial charge in [-0.25, -0.2) is 0 Å². The molecule has 0 atom stereocenters. The van der Waals surface area contributed by atoms with Gasteiger partial charge in [-0.2, -0.15) is 0 Å². The zero-order valence-electron chi connectivity index (χ0n) is 9.72. The van der Waals surface area contributed by atoms with Crippen molar-refractivity contribution >= 4 is 5.91 Å². The quantitative estimate of drug-likeness (QED) is 0.790. The highest BCUT2D eigenvalue weighted by molar-refractivity contribution is 5.76. The average molecular weight is 221 g/mol. The Bertz CT molecular complexity index is 311. The highest BCUT2D eigenvalue weighted by Gasteiger charge is 2.10. The summed E-state index contributed by atoms with van der Waals surface area (Å²) in [6.45, 7) is 3.05. The summed E-state index contributed by atoms with van der Waals surface area (Å²) in [5.74, 6) is 0.111. The Morgan fingerprint density at radius 3 is 2.56 bits per heavy atom. The van der Waals surface area contributed by atoms with Crippen molar-refractivity contribution in [2.45, 2.75) is 19.8 Å². The summed E-state index contributed by atoms with van der Waals surface area (Å²) in [6.07, 6.45) is 1.28. The monoisotopic (exact) mass is 221 g/mol. The molecule has 3 heteroatoms. The van der Waals surface area contributed by atoms with Crippen LogP contribution in [0.1, 0.15) is 18.9 Å². The average Bonchev–Trinajstić information content (AvgIpc) is 2.34. The molecular weight excluding hydrogens is 202 g/mol. The normalized spacial score (nSPS) is 10.1. The summed E-state index contributed by atoms with van der Waals surface area (Å²) in [5, 5.41) is 8.81. The lowest BCUT2D eigenvalue weighted by molar-refractivity contribution is -0.131. The lowest BCUT2D eigenvalue weighted by Gasteiger charge is -2.19. The molecule has 0 spiro atoms. The number of hydrogen-bond donors (Lipinski definition) is 1. The lowest BCUT2D eigenvalue weighted by Crippen LogP contribution is -2.33. The van der Waals surface area contributed by atoms with Crippen molar-refractivity contribution in [3.8, 4) is 0 Å². The van der Waals surface area contributed by atoms with Crippen LogP contribution in [0, 0.1) is 0 Å². The van der Waals surface area contributed by atoms with Crippen LogP contribution < -0.4 is 0 Å². The van der Waals surface area contributed by atoms with Gasteiger partial charge in [0.05, 0.1) is 6.61 Å². The predicted octanol–water partition coefficient (Wildman–Crippen LogP) is 1.46. The molecule has 0 heterocycles. The highest BCUT2D eigenvalue weighted by Crippen LogP contribution is 2.04. The van der Waals surface area contributed by atoms with Crippen LogP contribution in [0.15, 0.2) is 30.3 Å². The van der Waals surface area contributed by atoms with Crippen LogP contribution in [-0.4, -0.2) is 35.6 Å². The lowest BCUT2D eigenvalue weighted by atomic mass is 10.1. The molecule has 0 aromatic heterocycles. The zero-order valence-corrected chi connectivity index (χ0v) is 9.72. The van der Waals surface area contributed by atoms with Crippen LogP contribution >= 0.6 is 0 Å². The summed E-state index contributed by atoms with van der Waals surface area (Å²) < 4.78 is 0. The van der Waals surface area contributed by atoms with E-state index in [-0.39, 0.29) is 12.5 Å². The van der Waals surface area contributed by atoms with Crippen molar-refractivity contribution in [2.75, 3.05) is 19.7 Å². The van der Waals surface area contributed by atoms with E-state index in [1.54, 1.807) is 4.90 Å². The molecule has 0 radical (unpaired) electrons. The molecule has 0 aliphatic carbocycles. The van der Waals surface area contributed by atoms with Gasteiger partial charge in [0.25, 0.3) is 0 Å². The van der Waals surface area contributed by atoms with Gasteiger partial charge in [-0.15, -0.1) is 0 Å². The van der Waals surface area contributed by atoms with E-state index in [2.05, 4.69) is 0 Å². The number of rotatable bonds is 6. The van der Waals surface area contributed by atoms with Crippen molar-refractivity contribution in [2.24, 2.45) is 0 Å². The molecule has 88 valence electrons. The molecule has 0 fully saturated rings. The Hall–Kier alpha value is -1.35. The fraction of sp³-hybridized carbons (Fsp3) is 0.462. The van der Waals surface area contributed by atoms with Gasteiger partial charge in [0, 0.05) is 19.5 Å². The second-order valence-electron chi connectivity index (χ2n) is 3.68. The Morgan fingerprint density at radius 1 is 1.31 bits per heavy atom. The zero-order chi connectivity index (χ0) is 11.8. The van der Waals surface area contributed by atoms with E-state index in [4.69, 9.17) is 5.11 Å². The van der Waals surface area contributed by atoms with Crippen LogP contribution in [0.3, 0.4) is 0 Å². The number of carbonyl (C=O) groups is 1. The molecule has 0 aliphatic rings. The third kappa shape index (κ3) is 4.03. The molecular formula is C13H19NO2. The standard InChI is InChI=1S/C13H19NO2/c1-2-14(10-11-15)13(16)9-8-12-6-4-3-5-7-12/h3-7,15H,2,8-11H2,1H3. The van der Waals surface area contributed by atoms with Gasteiger partial charge in [-0.3, -0.25) is 4.79 Å². The number of aliphatic hydroxyl groups is 1. The molecule has 0 saturated heterocycles. The Kier molecular flexibility index (Phi) is 5.57. The number of likely N-dealkylation sites (N-methyl/N-ethyl adjacent to an activating group) is 1. The largest absolute Gasteiger partial charge is 0.395 e. The molecule has 1 N–H and O–H groups in total. The molecule has 16 heavy (non-hydrogen) atoms. The first-order chi connectivity index (χ1) is 7.77. The van der Waals surface area contributed by atoms with E-state index >= 15 is 0 Å². The summed E-state index contributed by atoms with van der Waals surface area (Å²) in [7, 11) is 0. The summed E-state index contributed by atoms with van der Waals surface area (Å²) in [5.41, 5.74) is 1.18. The van der Waals surface area contributed by atoms with Gasteiger partial charge in [-0.05, 0) is 18.9 Å². The summed E-state index contributed by atoms with van der Waals surface area (Å²) in [4.78, 5) is 13.4. The number of hydrogen-bond acceptors (Lipinski definition) is 2. The Morgan fingerprint density at radius 2 is 2.00 bits per heavy atom. The second-order valence-corrected chi connectivity index (χ2v) is 3.68. The van der Waals surface area contributed by atoms with Crippen LogP contribution in [0.25, 0.3) is 0 Å². The van der Waals surface area contributed by atoms with Gasteiger partial charge in [0.1, 0.15) is 0 Å². The molecule has 0 aliphatic heterocycles. The second kappa shape index (κ2) is 7.01. The van der Waals surface area contributed by atoms with Gasteiger partial charge in [-0.1, -0.05) is 30.3 Å². The van der Waals surface area contributed by atoms with Gasteiger partial charge < -0.3 is 10.0 Å². The molecule has 1 rings (SSSR count). The number of benzene rings is 1. The smallest absolute Gasteiger partial charge is 0.222 e. The first kappa shape index (κ1) is 12.7. The molecule has 1 aromatic carbocycles. The minimum Gasteiger partial charge on any atom is -0.395 e. The maximum absolute atomic E-state index is 11.8. The van der Waals surface area contributed by atoms with E-state index < -0.39 is 0 Å². The molecule has 0 unspecified atom stereocenters. The fourth-order valence-electron chi connectivity index (χ4n) is 1.63. The minimum atomic E-state index is 0.0327.